The van der Waals surface area contributed by atoms with Gasteiger partial charge in [-0.25, -0.2) is 12.8 Å². The molecule has 0 aliphatic heterocycles. The molecule has 22 heavy (non-hydrogen) atoms. The van der Waals surface area contributed by atoms with Gasteiger partial charge in [-0.2, -0.15) is 0 Å². The molecule has 120 valence electrons. The fourth-order valence-electron chi connectivity index (χ4n) is 3.25. The van der Waals surface area contributed by atoms with Gasteiger partial charge < -0.3 is 4.90 Å². The van der Waals surface area contributed by atoms with Gasteiger partial charge in [0.15, 0.2) is 9.84 Å². The number of rotatable bonds is 5. The topological polar surface area (TPSA) is 54.5 Å². The number of sulfone groups is 1. The molecular formula is C16H20FNO3S. The van der Waals surface area contributed by atoms with Crippen LogP contribution in [-0.4, -0.2) is 37.1 Å². The van der Waals surface area contributed by atoms with E-state index < -0.39 is 21.4 Å². The molecule has 1 aromatic rings. The largest absolute Gasteiger partial charge is 0.336 e. The van der Waals surface area contributed by atoms with Crippen molar-refractivity contribution >= 4 is 15.7 Å². The van der Waals surface area contributed by atoms with Crippen LogP contribution in [0.15, 0.2) is 29.2 Å². The molecule has 2 aliphatic carbocycles. The summed E-state index contributed by atoms with van der Waals surface area (Å²) in [6, 6.07) is 5.57. The van der Waals surface area contributed by atoms with Gasteiger partial charge in [0.2, 0.25) is 5.91 Å². The van der Waals surface area contributed by atoms with Crippen molar-refractivity contribution < 1.29 is 17.6 Å². The first kappa shape index (κ1) is 15.5. The van der Waals surface area contributed by atoms with Gasteiger partial charge in [-0.1, -0.05) is 25.0 Å². The van der Waals surface area contributed by atoms with Crippen molar-refractivity contribution in [3.8, 4) is 0 Å². The molecule has 0 heterocycles. The lowest BCUT2D eigenvalue weighted by Gasteiger charge is -2.29. The molecule has 0 atom stereocenters. The predicted octanol–water partition coefficient (Wildman–Crippen LogP) is 2.53. The van der Waals surface area contributed by atoms with Crippen LogP contribution in [0.3, 0.4) is 0 Å². The Labute approximate surface area is 130 Å². The number of carbonyl (C=O) groups excluding carboxylic acids is 1. The Morgan fingerprint density at radius 3 is 2.27 bits per heavy atom. The van der Waals surface area contributed by atoms with Crippen molar-refractivity contribution in [1.82, 2.24) is 4.90 Å². The SMILES string of the molecule is O=C(CS(=O)(=O)c1ccccc1F)N(C1CCCC1)C1CC1. The van der Waals surface area contributed by atoms with E-state index in [2.05, 4.69) is 0 Å². The average Bonchev–Trinajstić information content (AvgIpc) is 3.13. The summed E-state index contributed by atoms with van der Waals surface area (Å²) in [5.74, 6) is -1.81. The Balaban J connectivity index is 1.78. The molecular weight excluding hydrogens is 305 g/mol. The molecule has 0 unspecified atom stereocenters. The molecule has 2 aliphatic rings. The van der Waals surface area contributed by atoms with E-state index in [4.69, 9.17) is 0 Å². The lowest BCUT2D eigenvalue weighted by molar-refractivity contribution is -0.131. The lowest BCUT2D eigenvalue weighted by atomic mass is 10.2. The van der Waals surface area contributed by atoms with Crippen molar-refractivity contribution in [3.63, 3.8) is 0 Å². The molecule has 0 aromatic heterocycles. The minimum absolute atomic E-state index is 0.163. The molecule has 0 N–H and O–H groups in total. The van der Waals surface area contributed by atoms with Gasteiger partial charge in [0.1, 0.15) is 16.5 Å². The lowest BCUT2D eigenvalue weighted by Crippen LogP contribution is -2.43. The van der Waals surface area contributed by atoms with E-state index in [1.54, 1.807) is 4.90 Å². The number of halogens is 1. The van der Waals surface area contributed by atoms with Crippen molar-refractivity contribution in [1.29, 1.82) is 0 Å². The Morgan fingerprint density at radius 2 is 1.68 bits per heavy atom. The van der Waals surface area contributed by atoms with Crippen molar-refractivity contribution in [2.45, 2.75) is 55.5 Å². The first-order valence-corrected chi connectivity index (χ1v) is 9.43. The second-order valence-corrected chi connectivity index (χ2v) is 8.12. The summed E-state index contributed by atoms with van der Waals surface area (Å²) in [5, 5.41) is 0. The van der Waals surface area contributed by atoms with Gasteiger partial charge in [0.25, 0.3) is 0 Å². The second kappa shape index (κ2) is 5.99. The number of amides is 1. The van der Waals surface area contributed by atoms with E-state index >= 15 is 0 Å². The molecule has 6 heteroatoms. The van der Waals surface area contributed by atoms with Gasteiger partial charge in [0.05, 0.1) is 0 Å². The van der Waals surface area contributed by atoms with Gasteiger partial charge in [-0.3, -0.25) is 4.79 Å². The third-order valence-electron chi connectivity index (χ3n) is 4.43. The van der Waals surface area contributed by atoms with Crippen LogP contribution in [0.25, 0.3) is 0 Å². The number of carbonyl (C=O) groups is 1. The number of hydrogen-bond acceptors (Lipinski definition) is 3. The van der Waals surface area contributed by atoms with Gasteiger partial charge in [-0.15, -0.1) is 0 Å². The molecule has 1 aromatic carbocycles. The van der Waals surface area contributed by atoms with E-state index in [0.29, 0.717) is 0 Å². The summed E-state index contributed by atoms with van der Waals surface area (Å²) in [4.78, 5) is 13.9. The van der Waals surface area contributed by atoms with Crippen LogP contribution in [0.2, 0.25) is 0 Å². The zero-order valence-corrected chi connectivity index (χ0v) is 13.2. The summed E-state index contributed by atoms with van der Waals surface area (Å²) in [7, 11) is -3.94. The molecule has 0 bridgehead atoms. The monoisotopic (exact) mass is 325 g/mol. The maximum atomic E-state index is 13.7. The highest BCUT2D eigenvalue weighted by atomic mass is 32.2. The first-order chi connectivity index (χ1) is 10.5. The summed E-state index contributed by atoms with van der Waals surface area (Å²) in [6.45, 7) is 0. The molecule has 2 fully saturated rings. The number of nitrogens with zero attached hydrogens (tertiary/aromatic N) is 1. The second-order valence-electron chi connectivity index (χ2n) is 6.16. The van der Waals surface area contributed by atoms with E-state index in [1.165, 1.54) is 18.2 Å². The summed E-state index contributed by atoms with van der Waals surface area (Å²) in [6.07, 6.45) is 5.95. The fraction of sp³-hybridized carbons (Fsp3) is 0.562. The van der Waals surface area contributed by atoms with Crippen LogP contribution in [0.1, 0.15) is 38.5 Å². The quantitative estimate of drug-likeness (QED) is 0.836. The van der Waals surface area contributed by atoms with E-state index in [9.17, 15) is 17.6 Å². The molecule has 4 nitrogen and oxygen atoms in total. The van der Waals surface area contributed by atoms with Gasteiger partial charge in [-0.05, 0) is 37.8 Å². The summed E-state index contributed by atoms with van der Waals surface area (Å²) < 4.78 is 38.4. The maximum absolute atomic E-state index is 13.7. The first-order valence-electron chi connectivity index (χ1n) is 7.77. The van der Waals surface area contributed by atoms with Crippen molar-refractivity contribution in [2.75, 3.05) is 5.75 Å². The molecule has 1 amide bonds. The van der Waals surface area contributed by atoms with Gasteiger partial charge in [0, 0.05) is 12.1 Å². The van der Waals surface area contributed by atoms with Crippen molar-refractivity contribution in [3.05, 3.63) is 30.1 Å². The Kier molecular flexibility index (Phi) is 4.21. The maximum Gasteiger partial charge on any atom is 0.238 e. The van der Waals surface area contributed by atoms with Crippen LogP contribution in [0.4, 0.5) is 4.39 Å². The number of benzene rings is 1. The van der Waals surface area contributed by atoms with E-state index in [1.807, 2.05) is 0 Å². The summed E-state index contributed by atoms with van der Waals surface area (Å²) in [5.41, 5.74) is 0. The van der Waals surface area contributed by atoms with Crippen LogP contribution < -0.4 is 0 Å². The van der Waals surface area contributed by atoms with Crippen LogP contribution in [0, 0.1) is 5.82 Å². The molecule has 3 rings (SSSR count). The van der Waals surface area contributed by atoms with Gasteiger partial charge >= 0.3 is 0 Å². The highest BCUT2D eigenvalue weighted by Crippen LogP contribution is 2.34. The minimum Gasteiger partial charge on any atom is -0.336 e. The smallest absolute Gasteiger partial charge is 0.238 e. The zero-order chi connectivity index (χ0) is 15.7. The average molecular weight is 325 g/mol. The van der Waals surface area contributed by atoms with E-state index in [-0.39, 0.29) is 22.9 Å². The minimum atomic E-state index is -3.94. The molecule has 2 saturated carbocycles. The Bertz CT molecular complexity index is 664. The standard InChI is InChI=1S/C16H20FNO3S/c17-14-7-3-4-8-15(14)22(20,21)11-16(19)18(13-9-10-13)12-5-1-2-6-12/h3-4,7-8,12-13H,1-2,5-6,9-11H2. The predicted molar refractivity (Wildman–Crippen MR) is 80.6 cm³/mol. The highest BCUT2D eigenvalue weighted by molar-refractivity contribution is 7.92. The fourth-order valence-corrected chi connectivity index (χ4v) is 4.53. The Morgan fingerprint density at radius 1 is 1.09 bits per heavy atom. The molecule has 0 saturated heterocycles. The highest BCUT2D eigenvalue weighted by Gasteiger charge is 2.39. The Hall–Kier alpha value is -1.43. The normalized spacial score (nSPS) is 19.3. The molecule has 0 radical (unpaired) electrons. The zero-order valence-electron chi connectivity index (χ0n) is 12.4. The van der Waals surface area contributed by atoms with E-state index in [0.717, 1.165) is 44.6 Å². The van der Waals surface area contributed by atoms with Crippen LogP contribution in [-0.2, 0) is 14.6 Å². The van der Waals surface area contributed by atoms with Crippen LogP contribution >= 0.6 is 0 Å². The third-order valence-corrected chi connectivity index (χ3v) is 6.06. The molecule has 0 spiro atoms. The van der Waals surface area contributed by atoms with Crippen molar-refractivity contribution in [2.24, 2.45) is 0 Å². The third kappa shape index (κ3) is 3.16. The summed E-state index contributed by atoms with van der Waals surface area (Å²) >= 11 is 0. The number of hydrogen-bond donors (Lipinski definition) is 0. The van der Waals surface area contributed by atoms with Crippen LogP contribution in [0.5, 0.6) is 0 Å².